The average molecular weight is 343 g/mol. The van der Waals surface area contributed by atoms with Crippen LogP contribution in [0.2, 0.25) is 0 Å². The summed E-state index contributed by atoms with van der Waals surface area (Å²) in [5.74, 6) is 0.832. The molecule has 1 aliphatic rings. The van der Waals surface area contributed by atoms with E-state index in [9.17, 15) is 13.2 Å². The second-order valence-electron chi connectivity index (χ2n) is 5.34. The minimum absolute atomic E-state index is 0.132. The van der Waals surface area contributed by atoms with Crippen molar-refractivity contribution < 1.29 is 13.2 Å². The van der Waals surface area contributed by atoms with E-state index in [2.05, 4.69) is 0 Å². The molecule has 0 atom stereocenters. The van der Waals surface area contributed by atoms with Gasteiger partial charge >= 0.3 is 0 Å². The minimum atomic E-state index is -3.81. The topological polar surface area (TPSA) is 56.1 Å². The maximum Gasteiger partial charge on any atom is 0.268 e. The van der Waals surface area contributed by atoms with Crippen molar-refractivity contribution in [3.8, 4) is 0 Å². The van der Waals surface area contributed by atoms with Crippen molar-refractivity contribution >= 4 is 38.5 Å². The van der Waals surface area contributed by atoms with Crippen LogP contribution in [0.1, 0.15) is 16.1 Å². The highest BCUT2D eigenvalue weighted by molar-refractivity contribution is 7.99. The Bertz CT molecular complexity index is 1020. The predicted molar refractivity (Wildman–Crippen MR) is 91.5 cm³/mol. The van der Waals surface area contributed by atoms with Gasteiger partial charge in [-0.1, -0.05) is 36.4 Å². The number of hydrogen-bond donors (Lipinski definition) is 0. The number of para-hydroxylation sites is 1. The van der Waals surface area contributed by atoms with Crippen molar-refractivity contribution in [3.05, 3.63) is 65.9 Å². The molecule has 116 valence electrons. The SMILES string of the molecule is O=C1CSCc2c1n(S(=O)(=O)c1ccccc1)c1ccccc21. The first-order valence-electron chi connectivity index (χ1n) is 7.14. The van der Waals surface area contributed by atoms with Crippen LogP contribution in [0, 0.1) is 0 Å². The van der Waals surface area contributed by atoms with Crippen LogP contribution < -0.4 is 0 Å². The first-order chi connectivity index (χ1) is 11.1. The lowest BCUT2D eigenvalue weighted by molar-refractivity contribution is 0.101. The molecule has 1 aromatic heterocycles. The zero-order valence-electron chi connectivity index (χ0n) is 12.1. The highest BCUT2D eigenvalue weighted by atomic mass is 32.2. The van der Waals surface area contributed by atoms with E-state index < -0.39 is 10.0 Å². The number of Topliss-reactive ketones (excluding diaryl/α,β-unsaturated/α-hetero) is 1. The number of fused-ring (bicyclic) bond motifs is 3. The second kappa shape index (κ2) is 5.25. The zero-order chi connectivity index (χ0) is 16.0. The molecule has 0 aliphatic carbocycles. The first kappa shape index (κ1) is 14.5. The summed E-state index contributed by atoms with van der Waals surface area (Å²) in [6, 6.07) is 15.5. The molecule has 3 aromatic rings. The molecule has 0 radical (unpaired) electrons. The van der Waals surface area contributed by atoms with E-state index in [0.717, 1.165) is 10.9 Å². The molecule has 0 amide bonds. The Morgan fingerprint density at radius 3 is 2.39 bits per heavy atom. The largest absolute Gasteiger partial charge is 0.292 e. The highest BCUT2D eigenvalue weighted by Crippen LogP contribution is 2.36. The third-order valence-electron chi connectivity index (χ3n) is 3.96. The molecule has 1 aliphatic heterocycles. The molecule has 0 spiro atoms. The Kier molecular flexibility index (Phi) is 3.32. The van der Waals surface area contributed by atoms with E-state index in [4.69, 9.17) is 0 Å². The normalized spacial score (nSPS) is 14.9. The Hall–Kier alpha value is -2.05. The molecule has 0 saturated heterocycles. The van der Waals surface area contributed by atoms with Crippen molar-refractivity contribution in [3.63, 3.8) is 0 Å². The zero-order valence-corrected chi connectivity index (χ0v) is 13.7. The van der Waals surface area contributed by atoms with Crippen molar-refractivity contribution in [1.82, 2.24) is 3.97 Å². The van der Waals surface area contributed by atoms with Crippen molar-refractivity contribution in [2.75, 3.05) is 5.75 Å². The fourth-order valence-electron chi connectivity index (χ4n) is 2.97. The summed E-state index contributed by atoms with van der Waals surface area (Å²) in [5.41, 5.74) is 1.70. The predicted octanol–water partition coefficient (Wildman–Crippen LogP) is 3.31. The second-order valence-corrected chi connectivity index (χ2v) is 8.12. The van der Waals surface area contributed by atoms with Gasteiger partial charge in [-0.05, 0) is 23.8 Å². The van der Waals surface area contributed by atoms with Gasteiger partial charge in [-0.15, -0.1) is 11.8 Å². The number of carbonyl (C=O) groups is 1. The third-order valence-corrected chi connectivity index (χ3v) is 6.65. The van der Waals surface area contributed by atoms with Crippen molar-refractivity contribution in [1.29, 1.82) is 0 Å². The molecule has 0 unspecified atom stereocenters. The minimum Gasteiger partial charge on any atom is -0.292 e. The molecule has 0 saturated carbocycles. The van der Waals surface area contributed by atoms with Gasteiger partial charge in [0.1, 0.15) is 5.69 Å². The summed E-state index contributed by atoms with van der Waals surface area (Å²) in [6.45, 7) is 0. The lowest BCUT2D eigenvalue weighted by Gasteiger charge is -2.15. The van der Waals surface area contributed by atoms with Crippen LogP contribution in [0.5, 0.6) is 0 Å². The smallest absolute Gasteiger partial charge is 0.268 e. The number of rotatable bonds is 2. The van der Waals surface area contributed by atoms with Gasteiger partial charge in [0.05, 0.1) is 16.2 Å². The summed E-state index contributed by atoms with van der Waals surface area (Å²) in [6.07, 6.45) is 0. The monoisotopic (exact) mass is 343 g/mol. The summed E-state index contributed by atoms with van der Waals surface area (Å²) in [5, 5.41) is 0.836. The fraction of sp³-hybridized carbons (Fsp3) is 0.118. The molecule has 2 aromatic carbocycles. The van der Waals surface area contributed by atoms with Crippen LogP contribution >= 0.6 is 11.8 Å². The lowest BCUT2D eigenvalue weighted by Crippen LogP contribution is -2.22. The van der Waals surface area contributed by atoms with E-state index >= 15 is 0 Å². The van der Waals surface area contributed by atoms with Crippen LogP contribution in [0.15, 0.2) is 59.5 Å². The van der Waals surface area contributed by atoms with Gasteiger partial charge in [0.2, 0.25) is 0 Å². The van der Waals surface area contributed by atoms with Gasteiger partial charge in [-0.25, -0.2) is 12.4 Å². The van der Waals surface area contributed by atoms with E-state index in [1.54, 1.807) is 42.5 Å². The van der Waals surface area contributed by atoms with Crippen LogP contribution in [0.4, 0.5) is 0 Å². The number of aromatic nitrogens is 1. The number of hydrogen-bond acceptors (Lipinski definition) is 4. The summed E-state index contributed by atoms with van der Waals surface area (Å²) in [7, 11) is -3.81. The van der Waals surface area contributed by atoms with Gasteiger partial charge in [-0.2, -0.15) is 0 Å². The summed E-state index contributed by atoms with van der Waals surface area (Å²) < 4.78 is 27.5. The fourth-order valence-corrected chi connectivity index (χ4v) is 5.47. The molecule has 2 heterocycles. The van der Waals surface area contributed by atoms with E-state index in [1.165, 1.54) is 15.7 Å². The van der Waals surface area contributed by atoms with Crippen LogP contribution in [-0.2, 0) is 15.8 Å². The van der Waals surface area contributed by atoms with Crippen molar-refractivity contribution in [2.24, 2.45) is 0 Å². The Labute approximate surface area is 138 Å². The number of nitrogens with zero attached hydrogens (tertiary/aromatic N) is 1. The molecular formula is C17H13NO3S2. The maximum atomic E-state index is 13.1. The van der Waals surface area contributed by atoms with Gasteiger partial charge in [0.15, 0.2) is 5.78 Å². The number of carbonyl (C=O) groups excluding carboxylic acids is 1. The first-order valence-corrected chi connectivity index (χ1v) is 9.74. The number of ketones is 1. The van der Waals surface area contributed by atoms with Crippen molar-refractivity contribution in [2.45, 2.75) is 10.6 Å². The third kappa shape index (κ3) is 2.13. The summed E-state index contributed by atoms with van der Waals surface area (Å²) >= 11 is 1.52. The van der Waals surface area contributed by atoms with E-state index in [0.29, 0.717) is 22.7 Å². The molecule has 4 rings (SSSR count). The Balaban J connectivity index is 2.12. The maximum absolute atomic E-state index is 13.1. The van der Waals surface area contributed by atoms with Gasteiger partial charge in [-0.3, -0.25) is 4.79 Å². The molecule has 23 heavy (non-hydrogen) atoms. The van der Waals surface area contributed by atoms with Gasteiger partial charge < -0.3 is 0 Å². The quantitative estimate of drug-likeness (QED) is 0.716. The molecule has 0 bridgehead atoms. The molecule has 0 N–H and O–H groups in total. The molecule has 6 heteroatoms. The lowest BCUT2D eigenvalue weighted by atomic mass is 10.1. The Morgan fingerprint density at radius 2 is 1.61 bits per heavy atom. The molecule has 4 nitrogen and oxygen atoms in total. The average Bonchev–Trinajstić information content (AvgIpc) is 2.92. The molecule has 0 fully saturated rings. The van der Waals surface area contributed by atoms with Gasteiger partial charge in [0, 0.05) is 11.1 Å². The van der Waals surface area contributed by atoms with Crippen LogP contribution in [0.25, 0.3) is 10.9 Å². The van der Waals surface area contributed by atoms with E-state index in [-0.39, 0.29) is 10.7 Å². The van der Waals surface area contributed by atoms with Gasteiger partial charge in [0.25, 0.3) is 10.0 Å². The highest BCUT2D eigenvalue weighted by Gasteiger charge is 2.32. The van der Waals surface area contributed by atoms with Crippen LogP contribution in [-0.4, -0.2) is 23.9 Å². The Morgan fingerprint density at radius 1 is 0.913 bits per heavy atom. The standard InChI is InChI=1S/C17H13NO3S2/c19-16-11-22-10-14-13-8-4-5-9-15(13)18(17(14)16)23(20,21)12-6-2-1-3-7-12/h1-9H,10-11H2. The van der Waals surface area contributed by atoms with E-state index in [1.807, 2.05) is 12.1 Å². The number of thioether (sulfide) groups is 1. The van der Waals surface area contributed by atoms with Crippen LogP contribution in [0.3, 0.4) is 0 Å². The number of benzene rings is 2. The summed E-state index contributed by atoms with van der Waals surface area (Å²) in [4.78, 5) is 12.6. The molecular weight excluding hydrogens is 330 g/mol.